The fraction of sp³-hybridized carbons (Fsp3) is 0.296. The van der Waals surface area contributed by atoms with Crippen LogP contribution in [-0.4, -0.2) is 78.3 Å². The summed E-state index contributed by atoms with van der Waals surface area (Å²) in [5, 5.41) is 53.5. The van der Waals surface area contributed by atoms with Gasteiger partial charge in [-0.25, -0.2) is 4.98 Å². The first-order chi connectivity index (χ1) is 56.7. The molecule has 0 aliphatic heterocycles. The second-order valence-corrected chi connectivity index (χ2v) is 51.3. The van der Waals surface area contributed by atoms with Crippen molar-refractivity contribution in [1.82, 2.24) is 19.9 Å². The van der Waals surface area contributed by atoms with Crippen molar-refractivity contribution in [2.75, 3.05) is 6.16 Å². The van der Waals surface area contributed by atoms with Gasteiger partial charge in [-0.3, -0.25) is 29.3 Å². The number of benzene rings is 7. The van der Waals surface area contributed by atoms with Crippen LogP contribution >= 0.6 is 36.7 Å². The van der Waals surface area contributed by atoms with E-state index in [4.69, 9.17) is 31.1 Å². The fourth-order valence-electron chi connectivity index (χ4n) is 13.5. The van der Waals surface area contributed by atoms with Crippen LogP contribution in [0, 0.1) is 45.3 Å². The minimum Gasteiger partial charge on any atom is -0.423 e. The molecule has 4 aromatic heterocycles. The van der Waals surface area contributed by atoms with Crippen molar-refractivity contribution in [2.24, 2.45) is 0 Å². The topological polar surface area (TPSA) is 238 Å². The number of carbonyl (C=O) groups excluding carboxylic acids is 3. The van der Waals surface area contributed by atoms with Gasteiger partial charge in [-0.1, -0.05) is 145 Å². The van der Waals surface area contributed by atoms with Gasteiger partial charge in [0.1, 0.15) is 4.60 Å². The molecule has 0 aliphatic rings. The number of nitrogens with zero attached hydrogens (tertiary/aromatic N) is 8. The standard InChI is InChI=1S/C32H46BrPSi.C27H40N2Si.2C13H8N2O.C7H6BNO2.C6H4BrNO/c1-4-5-28-35(2,3)29-20-9-7-6-8-19-27-34(33,30-21-13-10-14-22-30,31-23-15-11-16-24-31)32-25-17-12-18-26-32;1-4-5-20-30(2,3)21-12-10-8-6-7-9-11-13-25-16-19-27(29-23-25)26-17-14-24(22-28)15-18-26;2*14-7-10-1-4-12(5-2-10)13-6-3-11(9-16)8-15-13;9-5-6-1-3-7(4-2-6)8(10)11;7-6-2-1-5(4-9)3-8-6/h10-18,21-26H,4-9,19-20,27-29H2,1-3H3;14-19,23H,4-13,20-21H2,1-3H3;2*1-6,8-9H;1-4,10-11H;1-4H. The van der Waals surface area contributed by atoms with Gasteiger partial charge in [-0.2, -0.15) is 21.0 Å². The Labute approximate surface area is 714 Å². The van der Waals surface area contributed by atoms with Gasteiger partial charge in [-0.05, 0) is 131 Å². The second kappa shape index (κ2) is 52.6. The number of aldehydes is 3. The summed E-state index contributed by atoms with van der Waals surface area (Å²) in [5.41, 5.74) is 11.3. The molecule has 604 valence electrons. The number of nitriles is 4. The van der Waals surface area contributed by atoms with Gasteiger partial charge in [0, 0.05) is 66.2 Å². The van der Waals surface area contributed by atoms with E-state index in [1.807, 2.05) is 60.8 Å². The molecular weight excluding hydrogens is 1630 g/mol. The van der Waals surface area contributed by atoms with E-state index in [9.17, 15) is 14.4 Å². The zero-order chi connectivity index (χ0) is 84.4. The molecule has 19 heteroatoms. The summed E-state index contributed by atoms with van der Waals surface area (Å²) in [6.45, 7) is 15.0. The molecular formula is C98H112BBr2N8O5PSi2. The molecule has 2 N–H and O–H groups in total. The zero-order valence-electron chi connectivity index (χ0n) is 68.8. The van der Waals surface area contributed by atoms with E-state index in [1.165, 1.54) is 204 Å². The monoisotopic (exact) mass is 1740 g/mol. The quantitative estimate of drug-likeness (QED) is 0.0124. The first-order valence-corrected chi connectivity index (χ1v) is 52.9. The molecule has 0 bridgehead atoms. The minimum atomic E-state index is -2.73. The van der Waals surface area contributed by atoms with E-state index >= 15 is 0 Å². The van der Waals surface area contributed by atoms with Crippen LogP contribution in [0.4, 0.5) is 0 Å². The third-order valence-electron chi connectivity index (χ3n) is 20.6. The number of pyridine rings is 4. The van der Waals surface area contributed by atoms with Crippen molar-refractivity contribution in [3.05, 3.63) is 310 Å². The Hall–Kier alpha value is -10.1. The van der Waals surface area contributed by atoms with Crippen LogP contribution in [0.2, 0.25) is 50.4 Å². The number of rotatable bonds is 35. The summed E-state index contributed by atoms with van der Waals surface area (Å²) < 4.78 is 0.744. The summed E-state index contributed by atoms with van der Waals surface area (Å²) in [6.07, 6.45) is 34.5. The number of aryl methyl sites for hydroxylation is 1. The molecule has 0 atom stereocenters. The van der Waals surface area contributed by atoms with E-state index < -0.39 is 28.6 Å². The Bertz CT molecular complexity index is 4660. The first-order valence-electron chi connectivity index (χ1n) is 40.8. The van der Waals surface area contributed by atoms with Crippen LogP contribution in [0.5, 0.6) is 0 Å². The molecule has 0 unspecified atom stereocenters. The first kappa shape index (κ1) is 95.8. The number of unbranched alkanes of at least 4 members (excludes halogenated alkanes) is 13. The Morgan fingerprint density at radius 3 is 0.974 bits per heavy atom. The van der Waals surface area contributed by atoms with Crippen molar-refractivity contribution < 1.29 is 24.4 Å². The average Bonchev–Trinajstić information content (AvgIpc) is 0.708. The number of hydrogen-bond donors (Lipinski definition) is 2. The van der Waals surface area contributed by atoms with Crippen LogP contribution in [-0.2, 0) is 6.42 Å². The van der Waals surface area contributed by atoms with Crippen LogP contribution in [0.3, 0.4) is 0 Å². The smallest absolute Gasteiger partial charge is 0.423 e. The van der Waals surface area contributed by atoms with Gasteiger partial charge >= 0.3 is 226 Å². The molecule has 0 fully saturated rings. The Morgan fingerprint density at radius 2 is 0.675 bits per heavy atom. The maximum atomic E-state index is 10.5. The fourth-order valence-corrected chi connectivity index (χ4v) is 27.0. The van der Waals surface area contributed by atoms with Gasteiger partial charge in [0.25, 0.3) is 0 Å². The maximum Gasteiger partial charge on any atom is 0.488 e. The summed E-state index contributed by atoms with van der Waals surface area (Å²) in [6, 6.07) is 90.7. The van der Waals surface area contributed by atoms with E-state index in [0.29, 0.717) is 44.4 Å². The largest absolute Gasteiger partial charge is 0.488 e. The maximum absolute atomic E-state index is 10.5. The number of carbonyl (C=O) groups is 3. The Kier molecular flexibility index (Phi) is 43.0. The number of aromatic nitrogens is 4. The molecule has 0 aliphatic carbocycles. The van der Waals surface area contributed by atoms with E-state index in [1.54, 1.807) is 60.7 Å². The number of halogens is 2. The Balaban J connectivity index is 0.000000232. The second-order valence-electron chi connectivity index (χ2n) is 30.7. The summed E-state index contributed by atoms with van der Waals surface area (Å²) in [7, 11) is -3.30. The van der Waals surface area contributed by atoms with Crippen molar-refractivity contribution >= 4 is 100 Å². The third kappa shape index (κ3) is 33.5. The van der Waals surface area contributed by atoms with Crippen LogP contribution in [0.15, 0.2) is 266 Å². The summed E-state index contributed by atoms with van der Waals surface area (Å²) >= 11 is 7.74. The van der Waals surface area contributed by atoms with E-state index in [-0.39, 0.29) is 0 Å². The predicted octanol–water partition coefficient (Wildman–Crippen LogP) is 23.8. The molecule has 7 aromatic carbocycles. The van der Waals surface area contributed by atoms with Crippen molar-refractivity contribution in [3.63, 3.8) is 0 Å². The predicted molar refractivity (Wildman–Crippen MR) is 499 cm³/mol. The molecule has 11 aromatic rings. The average molecular weight is 1740 g/mol. The zero-order valence-corrected chi connectivity index (χ0v) is 74.9. The molecule has 13 nitrogen and oxygen atoms in total. The molecule has 117 heavy (non-hydrogen) atoms. The van der Waals surface area contributed by atoms with E-state index in [0.717, 1.165) is 63.7 Å². The van der Waals surface area contributed by atoms with Gasteiger partial charge < -0.3 is 10.0 Å². The Morgan fingerprint density at radius 1 is 0.368 bits per heavy atom. The summed E-state index contributed by atoms with van der Waals surface area (Å²) in [4.78, 5) is 47.8. The van der Waals surface area contributed by atoms with Crippen molar-refractivity contribution in [3.8, 4) is 58.0 Å². The van der Waals surface area contributed by atoms with E-state index in [2.05, 4.69) is 213 Å². The summed E-state index contributed by atoms with van der Waals surface area (Å²) in [5.74, 6) is 0. The van der Waals surface area contributed by atoms with Gasteiger partial charge in [0.15, 0.2) is 18.9 Å². The SMILES string of the molecule is CCCC[Si](C)(C)CCCCCCCCCc1ccc(-c2ccc(C#N)cc2)nc1.CCCC[Si](C)(C)CCCCCCCCP(Br)(c1ccccc1)(c1ccccc1)c1ccccc1.N#Cc1ccc(-c2ccc(C=O)cn2)cc1.N#Cc1ccc(-c2ccc(C=O)cn2)cc1.N#Cc1ccc(B(O)O)cc1.O=Cc1ccc(Br)nc1. The number of hydrogen-bond acceptors (Lipinski definition) is 13. The van der Waals surface area contributed by atoms with Crippen LogP contribution in [0.1, 0.15) is 182 Å². The molecule has 0 spiro atoms. The molecule has 11 rings (SSSR count). The van der Waals surface area contributed by atoms with Gasteiger partial charge in [0.05, 0.1) is 63.6 Å². The van der Waals surface area contributed by atoms with Crippen LogP contribution < -0.4 is 21.4 Å². The van der Waals surface area contributed by atoms with Gasteiger partial charge in [0.2, 0.25) is 0 Å². The van der Waals surface area contributed by atoms with Crippen molar-refractivity contribution in [1.29, 1.82) is 21.0 Å². The third-order valence-corrected chi connectivity index (χ3v) is 37.9. The molecule has 0 radical (unpaired) electrons. The molecule has 0 saturated heterocycles. The molecule has 0 amide bonds. The van der Waals surface area contributed by atoms with Gasteiger partial charge in [-0.15, -0.1) is 0 Å². The normalized spacial score (nSPS) is 11.0. The molecule has 4 heterocycles. The minimum absolute atomic E-state index is 0.393. The van der Waals surface area contributed by atoms with Crippen molar-refractivity contribution in [2.45, 2.75) is 180 Å². The van der Waals surface area contributed by atoms with Crippen LogP contribution in [0.25, 0.3) is 33.8 Å². The molecule has 0 saturated carbocycles.